The molecule has 5 heteroatoms. The lowest BCUT2D eigenvalue weighted by atomic mass is 10.1. The molecule has 0 spiro atoms. The topological polar surface area (TPSA) is 54.4 Å². The fourth-order valence-corrected chi connectivity index (χ4v) is 4.73. The number of aliphatic hydroxyl groups is 1. The van der Waals surface area contributed by atoms with Crippen LogP contribution in [0.2, 0.25) is 0 Å². The van der Waals surface area contributed by atoms with Crippen LogP contribution < -0.4 is 0 Å². The highest BCUT2D eigenvalue weighted by molar-refractivity contribution is 8.14. The molecule has 0 aromatic heterocycles. The number of hydrogen-bond donors (Lipinski definition) is 1. The smallest absolute Gasteiger partial charge is 0.192 e. The maximum absolute atomic E-state index is 12.9. The van der Waals surface area contributed by atoms with E-state index >= 15 is 0 Å². The highest BCUT2D eigenvalue weighted by Gasteiger charge is 2.21. The van der Waals surface area contributed by atoms with Crippen molar-refractivity contribution in [2.45, 2.75) is 61.2 Å². The van der Waals surface area contributed by atoms with Gasteiger partial charge in [0.15, 0.2) is 5.12 Å². The molecule has 0 aliphatic heterocycles. The predicted molar refractivity (Wildman–Crippen MR) is 109 cm³/mol. The lowest BCUT2D eigenvalue weighted by molar-refractivity contribution is -0.112. The van der Waals surface area contributed by atoms with Gasteiger partial charge < -0.3 is 5.11 Å². The predicted octanol–water partition coefficient (Wildman–Crippen LogP) is 4.51. The van der Waals surface area contributed by atoms with Crippen LogP contribution in [0.25, 0.3) is 0 Å². The highest BCUT2D eigenvalue weighted by Crippen LogP contribution is 2.27. The Bertz CT molecular complexity index is 777. The van der Waals surface area contributed by atoms with Gasteiger partial charge in [-0.25, -0.2) is 4.21 Å². The van der Waals surface area contributed by atoms with Crippen LogP contribution in [0, 0.1) is 6.92 Å². The van der Waals surface area contributed by atoms with E-state index in [-0.39, 0.29) is 16.3 Å². The molecule has 140 valence electrons. The van der Waals surface area contributed by atoms with Crippen LogP contribution in [0.15, 0.2) is 58.3 Å². The van der Waals surface area contributed by atoms with Crippen LogP contribution >= 0.6 is 11.8 Å². The van der Waals surface area contributed by atoms with Crippen molar-refractivity contribution in [1.82, 2.24) is 0 Å². The average molecular weight is 391 g/mol. The number of carbonyl (C=O) groups excluding carboxylic acids is 1. The molecule has 0 fully saturated rings. The molecule has 2 aromatic carbocycles. The van der Waals surface area contributed by atoms with Crippen LogP contribution in [0.5, 0.6) is 0 Å². The second-order valence-corrected chi connectivity index (χ2v) is 10.7. The van der Waals surface area contributed by atoms with E-state index in [1.54, 1.807) is 0 Å². The molecule has 1 N–H and O–H groups in total. The molecule has 0 saturated heterocycles. The fourth-order valence-electron chi connectivity index (χ4n) is 2.54. The molecule has 2 rings (SSSR count). The zero-order chi connectivity index (χ0) is 19.3. The van der Waals surface area contributed by atoms with Gasteiger partial charge in [-0.1, -0.05) is 68.4 Å². The van der Waals surface area contributed by atoms with E-state index in [0.717, 1.165) is 16.0 Å². The van der Waals surface area contributed by atoms with Crippen molar-refractivity contribution in [3.63, 3.8) is 0 Å². The number of carbonyl (C=O) groups is 1. The largest absolute Gasteiger partial charge is 0.392 e. The highest BCUT2D eigenvalue weighted by atomic mass is 32.2. The first-order valence-electron chi connectivity index (χ1n) is 8.62. The van der Waals surface area contributed by atoms with E-state index in [4.69, 9.17) is 0 Å². The molecule has 0 radical (unpaired) electrons. The van der Waals surface area contributed by atoms with Crippen molar-refractivity contribution in [3.8, 4) is 0 Å². The van der Waals surface area contributed by atoms with E-state index in [0.29, 0.717) is 11.3 Å². The first-order chi connectivity index (χ1) is 12.2. The molecule has 0 aliphatic carbocycles. The van der Waals surface area contributed by atoms with Gasteiger partial charge in [0.1, 0.15) is 0 Å². The quantitative estimate of drug-likeness (QED) is 0.788. The monoisotopic (exact) mass is 390 g/mol. The molecule has 2 atom stereocenters. The minimum atomic E-state index is -1.31. The number of benzene rings is 2. The van der Waals surface area contributed by atoms with Crippen molar-refractivity contribution in [2.75, 3.05) is 0 Å². The summed E-state index contributed by atoms with van der Waals surface area (Å²) >= 11 is 1.25. The summed E-state index contributed by atoms with van der Waals surface area (Å²) in [6, 6.07) is 15.0. The Kier molecular flexibility index (Phi) is 7.21. The Morgan fingerprint density at radius 2 is 1.73 bits per heavy atom. The fraction of sp³-hybridized carbons (Fsp3) is 0.381. The first kappa shape index (κ1) is 20.9. The zero-order valence-electron chi connectivity index (χ0n) is 15.7. The molecule has 0 aliphatic rings. The summed E-state index contributed by atoms with van der Waals surface area (Å²) in [6.45, 7) is 7.91. The molecule has 1 unspecified atom stereocenters. The standard InChI is InChI=1S/C21H26O3S2/c1-15-9-11-18(12-10-15)26(24)19-8-6-5-7-16(19)13-17(22)14-20(23)25-21(2,3)4/h5-12,17,22H,13-14H2,1-4H3/t17-,26?/m1/s1. The summed E-state index contributed by atoms with van der Waals surface area (Å²) in [5.74, 6) is 0. The lowest BCUT2D eigenvalue weighted by Gasteiger charge is -2.18. The van der Waals surface area contributed by atoms with Gasteiger partial charge in [0.25, 0.3) is 0 Å². The van der Waals surface area contributed by atoms with E-state index in [2.05, 4.69) is 0 Å². The summed E-state index contributed by atoms with van der Waals surface area (Å²) in [7, 11) is -1.31. The second-order valence-electron chi connectivity index (χ2n) is 7.34. The van der Waals surface area contributed by atoms with Crippen LogP contribution in [0.4, 0.5) is 0 Å². The van der Waals surface area contributed by atoms with Gasteiger partial charge in [-0.15, -0.1) is 0 Å². The molecular weight excluding hydrogens is 364 g/mol. The third-order valence-electron chi connectivity index (χ3n) is 3.69. The minimum Gasteiger partial charge on any atom is -0.392 e. The number of thioether (sulfide) groups is 1. The SMILES string of the molecule is Cc1ccc(S(=O)c2ccccc2C[C@@H](O)CC(=O)SC(C)(C)C)cc1. The summed E-state index contributed by atoms with van der Waals surface area (Å²) in [4.78, 5) is 13.5. The van der Waals surface area contributed by atoms with Gasteiger partial charge in [-0.3, -0.25) is 4.79 Å². The van der Waals surface area contributed by atoms with Crippen LogP contribution in [0.1, 0.15) is 38.3 Å². The van der Waals surface area contributed by atoms with Gasteiger partial charge in [0.05, 0.1) is 16.9 Å². The number of hydrogen-bond acceptors (Lipinski definition) is 4. The van der Waals surface area contributed by atoms with Crippen molar-refractivity contribution in [2.24, 2.45) is 0 Å². The van der Waals surface area contributed by atoms with Crippen molar-refractivity contribution < 1.29 is 14.1 Å². The van der Waals surface area contributed by atoms with Crippen LogP contribution in [-0.2, 0) is 22.0 Å². The normalized spacial score (nSPS) is 14.0. The minimum absolute atomic E-state index is 0.0258. The molecule has 0 heterocycles. The van der Waals surface area contributed by atoms with E-state index < -0.39 is 16.9 Å². The summed E-state index contributed by atoms with van der Waals surface area (Å²) in [6.07, 6.45) is -0.383. The second kappa shape index (κ2) is 8.98. The summed E-state index contributed by atoms with van der Waals surface area (Å²) in [5.41, 5.74) is 1.93. The zero-order valence-corrected chi connectivity index (χ0v) is 17.3. The van der Waals surface area contributed by atoms with E-state index in [9.17, 15) is 14.1 Å². The maximum Gasteiger partial charge on any atom is 0.192 e. The van der Waals surface area contributed by atoms with Gasteiger partial charge in [-0.2, -0.15) is 0 Å². The summed E-state index contributed by atoms with van der Waals surface area (Å²) < 4.78 is 12.8. The maximum atomic E-state index is 12.9. The number of aliphatic hydroxyl groups excluding tert-OH is 1. The number of aryl methyl sites for hydroxylation is 1. The van der Waals surface area contributed by atoms with Gasteiger partial charge in [0, 0.05) is 27.4 Å². The van der Waals surface area contributed by atoms with E-state index in [1.807, 2.05) is 76.2 Å². The Balaban J connectivity index is 2.12. The lowest BCUT2D eigenvalue weighted by Crippen LogP contribution is -2.19. The Hall–Kier alpha value is -1.43. The molecule has 26 heavy (non-hydrogen) atoms. The molecule has 0 bridgehead atoms. The Morgan fingerprint density at radius 1 is 1.12 bits per heavy atom. The third-order valence-corrected chi connectivity index (χ3v) is 6.19. The molecule has 3 nitrogen and oxygen atoms in total. The third kappa shape index (κ3) is 6.38. The Labute approximate surface area is 162 Å². The van der Waals surface area contributed by atoms with E-state index in [1.165, 1.54) is 11.8 Å². The first-order valence-corrected chi connectivity index (χ1v) is 10.6. The van der Waals surface area contributed by atoms with Crippen LogP contribution in [0.3, 0.4) is 0 Å². The number of rotatable bonds is 6. The van der Waals surface area contributed by atoms with Crippen LogP contribution in [-0.4, -0.2) is 25.3 Å². The molecular formula is C21H26O3S2. The Morgan fingerprint density at radius 3 is 2.35 bits per heavy atom. The van der Waals surface area contributed by atoms with Gasteiger partial charge in [-0.05, 0) is 30.7 Å². The van der Waals surface area contributed by atoms with Gasteiger partial charge >= 0.3 is 0 Å². The van der Waals surface area contributed by atoms with Gasteiger partial charge in [0.2, 0.25) is 0 Å². The summed E-state index contributed by atoms with van der Waals surface area (Å²) in [5, 5.41) is 10.3. The van der Waals surface area contributed by atoms with Crippen molar-refractivity contribution >= 4 is 27.7 Å². The van der Waals surface area contributed by atoms with Crippen molar-refractivity contribution in [3.05, 3.63) is 59.7 Å². The van der Waals surface area contributed by atoms with Crippen molar-refractivity contribution in [1.29, 1.82) is 0 Å². The molecule has 0 saturated carbocycles. The molecule has 0 amide bonds. The molecule has 2 aromatic rings. The average Bonchev–Trinajstić information content (AvgIpc) is 2.53.